The summed E-state index contributed by atoms with van der Waals surface area (Å²) in [5.74, 6) is 0.108. The third-order valence-corrected chi connectivity index (χ3v) is 2.93. The maximum Gasteiger partial charge on any atom is 0.225 e. The monoisotopic (exact) mass is 234 g/mol. The van der Waals surface area contributed by atoms with Crippen molar-refractivity contribution in [2.24, 2.45) is 5.41 Å². The van der Waals surface area contributed by atoms with Gasteiger partial charge in [0.15, 0.2) is 0 Å². The molecular formula is C14H22N2O. The number of nitrogens with zero attached hydrogens (tertiary/aromatic N) is 1. The minimum absolute atomic E-state index is 0.108. The normalized spacial score (nSPS) is 11.2. The van der Waals surface area contributed by atoms with Gasteiger partial charge in [-0.1, -0.05) is 39.7 Å². The van der Waals surface area contributed by atoms with Crippen LogP contribution in [-0.4, -0.2) is 10.9 Å². The summed E-state index contributed by atoms with van der Waals surface area (Å²) in [6.07, 6.45) is 4.88. The summed E-state index contributed by atoms with van der Waals surface area (Å²) < 4.78 is 0. The molecule has 0 saturated heterocycles. The molecule has 1 aromatic rings. The third-order valence-electron chi connectivity index (χ3n) is 2.93. The topological polar surface area (TPSA) is 42.0 Å². The molecule has 1 N–H and O–H groups in total. The number of hydrogen-bond acceptors (Lipinski definition) is 2. The number of pyridine rings is 1. The third kappa shape index (κ3) is 4.55. The number of hydrogen-bond donors (Lipinski definition) is 1. The number of rotatable bonds is 6. The van der Waals surface area contributed by atoms with Crippen molar-refractivity contribution in [1.29, 1.82) is 0 Å². The lowest BCUT2D eigenvalue weighted by molar-refractivity contribution is -0.129. The first-order valence-corrected chi connectivity index (χ1v) is 6.24. The van der Waals surface area contributed by atoms with Crippen LogP contribution in [0.5, 0.6) is 0 Å². The van der Waals surface area contributed by atoms with Crippen molar-refractivity contribution in [1.82, 2.24) is 10.3 Å². The molecule has 0 radical (unpaired) electrons. The molecule has 1 rings (SSSR count). The van der Waals surface area contributed by atoms with Crippen LogP contribution in [0, 0.1) is 5.41 Å². The second kappa shape index (κ2) is 6.38. The van der Waals surface area contributed by atoms with Crippen LogP contribution in [0.3, 0.4) is 0 Å². The van der Waals surface area contributed by atoms with Gasteiger partial charge in [-0.05, 0) is 18.6 Å². The van der Waals surface area contributed by atoms with E-state index in [0.29, 0.717) is 6.54 Å². The summed E-state index contributed by atoms with van der Waals surface area (Å²) in [6, 6.07) is 5.71. The van der Waals surface area contributed by atoms with Crippen LogP contribution in [0.15, 0.2) is 24.4 Å². The van der Waals surface area contributed by atoms with Gasteiger partial charge in [0, 0.05) is 11.6 Å². The molecule has 1 aromatic heterocycles. The van der Waals surface area contributed by atoms with Crippen LogP contribution in [0.4, 0.5) is 0 Å². The van der Waals surface area contributed by atoms with Crippen molar-refractivity contribution in [3.05, 3.63) is 30.1 Å². The van der Waals surface area contributed by atoms with E-state index >= 15 is 0 Å². The molecule has 0 unspecified atom stereocenters. The molecule has 0 spiro atoms. The van der Waals surface area contributed by atoms with Gasteiger partial charge in [0.1, 0.15) is 0 Å². The number of amides is 1. The number of unbranched alkanes of at least 4 members (excludes halogenated alkanes) is 1. The highest BCUT2D eigenvalue weighted by Crippen LogP contribution is 2.23. The van der Waals surface area contributed by atoms with E-state index in [-0.39, 0.29) is 11.3 Å². The van der Waals surface area contributed by atoms with E-state index in [1.54, 1.807) is 6.20 Å². The minimum Gasteiger partial charge on any atom is -0.350 e. The van der Waals surface area contributed by atoms with Gasteiger partial charge in [0.05, 0.1) is 12.2 Å². The Hall–Kier alpha value is -1.38. The minimum atomic E-state index is -0.287. The fourth-order valence-corrected chi connectivity index (χ4v) is 1.65. The lowest BCUT2D eigenvalue weighted by atomic mass is 9.86. The molecule has 0 fully saturated rings. The average Bonchev–Trinajstić information content (AvgIpc) is 2.34. The SMILES string of the molecule is CCCCC(C)(C)C(=O)NCc1ccccn1. The van der Waals surface area contributed by atoms with Crippen molar-refractivity contribution >= 4 is 5.91 Å². The Morgan fingerprint density at radius 2 is 2.18 bits per heavy atom. The summed E-state index contributed by atoms with van der Waals surface area (Å²) >= 11 is 0. The van der Waals surface area contributed by atoms with Crippen LogP contribution in [-0.2, 0) is 11.3 Å². The molecule has 0 aromatic carbocycles. The summed E-state index contributed by atoms with van der Waals surface area (Å²) in [7, 11) is 0. The standard InChI is InChI=1S/C14H22N2O/c1-4-5-9-14(2,3)13(17)16-11-12-8-6-7-10-15-12/h6-8,10H,4-5,9,11H2,1-3H3,(H,16,17). The number of carbonyl (C=O) groups excluding carboxylic acids is 1. The van der Waals surface area contributed by atoms with Crippen molar-refractivity contribution in [3.8, 4) is 0 Å². The van der Waals surface area contributed by atoms with Crippen molar-refractivity contribution in [2.75, 3.05) is 0 Å². The van der Waals surface area contributed by atoms with Crippen LogP contribution in [0.2, 0.25) is 0 Å². The van der Waals surface area contributed by atoms with Crippen molar-refractivity contribution < 1.29 is 4.79 Å². The summed E-state index contributed by atoms with van der Waals surface area (Å²) in [6.45, 7) is 6.64. The Labute approximate surface area is 104 Å². The molecule has 3 heteroatoms. The Balaban J connectivity index is 2.44. The first-order valence-electron chi connectivity index (χ1n) is 6.24. The van der Waals surface area contributed by atoms with Crippen molar-refractivity contribution in [2.45, 2.75) is 46.6 Å². The van der Waals surface area contributed by atoms with E-state index in [1.165, 1.54) is 0 Å². The first-order chi connectivity index (χ1) is 8.06. The molecule has 0 aliphatic carbocycles. The average molecular weight is 234 g/mol. The highest BCUT2D eigenvalue weighted by atomic mass is 16.2. The van der Waals surface area contributed by atoms with E-state index in [2.05, 4.69) is 17.2 Å². The van der Waals surface area contributed by atoms with E-state index in [0.717, 1.165) is 25.0 Å². The maximum atomic E-state index is 12.0. The molecule has 1 amide bonds. The quantitative estimate of drug-likeness (QED) is 0.822. The highest BCUT2D eigenvalue weighted by molar-refractivity contribution is 5.81. The second-order valence-electron chi connectivity index (χ2n) is 4.99. The molecule has 94 valence electrons. The highest BCUT2D eigenvalue weighted by Gasteiger charge is 2.26. The van der Waals surface area contributed by atoms with Gasteiger partial charge in [-0.3, -0.25) is 9.78 Å². The van der Waals surface area contributed by atoms with E-state index in [4.69, 9.17) is 0 Å². The number of nitrogens with one attached hydrogen (secondary N) is 1. The Morgan fingerprint density at radius 1 is 1.41 bits per heavy atom. The molecule has 3 nitrogen and oxygen atoms in total. The largest absolute Gasteiger partial charge is 0.350 e. The van der Waals surface area contributed by atoms with Crippen LogP contribution >= 0.6 is 0 Å². The fraction of sp³-hybridized carbons (Fsp3) is 0.571. The van der Waals surface area contributed by atoms with Gasteiger partial charge in [-0.25, -0.2) is 0 Å². The van der Waals surface area contributed by atoms with Crippen molar-refractivity contribution in [3.63, 3.8) is 0 Å². The fourth-order valence-electron chi connectivity index (χ4n) is 1.65. The Kier molecular flexibility index (Phi) is 5.13. The lowest BCUT2D eigenvalue weighted by Gasteiger charge is -2.23. The predicted octanol–water partition coefficient (Wildman–Crippen LogP) is 2.91. The molecule has 17 heavy (non-hydrogen) atoms. The number of carbonyl (C=O) groups is 1. The summed E-state index contributed by atoms with van der Waals surface area (Å²) in [4.78, 5) is 16.2. The number of aromatic nitrogens is 1. The van der Waals surface area contributed by atoms with Crippen LogP contribution in [0.1, 0.15) is 45.7 Å². The van der Waals surface area contributed by atoms with Gasteiger partial charge in [-0.2, -0.15) is 0 Å². The molecule has 0 bridgehead atoms. The Morgan fingerprint density at radius 3 is 2.76 bits per heavy atom. The zero-order valence-electron chi connectivity index (χ0n) is 11.0. The zero-order chi connectivity index (χ0) is 12.7. The van der Waals surface area contributed by atoms with Gasteiger partial charge < -0.3 is 5.32 Å². The molecule has 0 atom stereocenters. The predicted molar refractivity (Wildman–Crippen MR) is 69.4 cm³/mol. The molecular weight excluding hydrogens is 212 g/mol. The second-order valence-corrected chi connectivity index (χ2v) is 4.99. The first kappa shape index (κ1) is 13.7. The molecule has 0 aliphatic rings. The van der Waals surface area contributed by atoms with E-state index < -0.39 is 0 Å². The van der Waals surface area contributed by atoms with Gasteiger partial charge >= 0.3 is 0 Å². The van der Waals surface area contributed by atoms with E-state index in [1.807, 2.05) is 32.0 Å². The van der Waals surface area contributed by atoms with E-state index in [9.17, 15) is 4.79 Å². The van der Waals surface area contributed by atoms with Crippen LogP contribution < -0.4 is 5.32 Å². The van der Waals surface area contributed by atoms with Crippen LogP contribution in [0.25, 0.3) is 0 Å². The Bertz CT molecular complexity index is 346. The van der Waals surface area contributed by atoms with Gasteiger partial charge in [-0.15, -0.1) is 0 Å². The summed E-state index contributed by atoms with van der Waals surface area (Å²) in [5, 5.41) is 2.95. The zero-order valence-corrected chi connectivity index (χ0v) is 11.0. The maximum absolute atomic E-state index is 12.0. The smallest absolute Gasteiger partial charge is 0.225 e. The van der Waals surface area contributed by atoms with Gasteiger partial charge in [0.2, 0.25) is 5.91 Å². The summed E-state index contributed by atoms with van der Waals surface area (Å²) in [5.41, 5.74) is 0.609. The lowest BCUT2D eigenvalue weighted by Crippen LogP contribution is -2.36. The molecule has 0 saturated carbocycles. The molecule has 0 aliphatic heterocycles. The van der Waals surface area contributed by atoms with Gasteiger partial charge in [0.25, 0.3) is 0 Å². The molecule has 1 heterocycles.